The summed E-state index contributed by atoms with van der Waals surface area (Å²) in [4.78, 5) is 6.93. The molecule has 0 spiro atoms. The van der Waals surface area contributed by atoms with Gasteiger partial charge >= 0.3 is 6.18 Å². The van der Waals surface area contributed by atoms with Gasteiger partial charge in [0.25, 0.3) is 0 Å². The molecule has 2 aromatic rings. The number of anilines is 2. The van der Waals surface area contributed by atoms with Crippen molar-refractivity contribution in [2.45, 2.75) is 12.8 Å². The summed E-state index contributed by atoms with van der Waals surface area (Å²) in [5, 5.41) is 10.6. The largest absolute Gasteiger partial charge is 0.420 e. The van der Waals surface area contributed by atoms with Crippen LogP contribution in [0.3, 0.4) is 0 Å². The van der Waals surface area contributed by atoms with Gasteiger partial charge in [-0.05, 0) is 12.1 Å². The van der Waals surface area contributed by atoms with E-state index in [1.54, 1.807) is 0 Å². The molecule has 4 nitrogen and oxygen atoms in total. The Labute approximate surface area is 121 Å². The summed E-state index contributed by atoms with van der Waals surface area (Å²) in [6.07, 6.45) is -4.11. The summed E-state index contributed by atoms with van der Waals surface area (Å²) in [5.74, 6) is -0.871. The zero-order valence-corrected chi connectivity index (χ0v) is 11.0. The zero-order chi connectivity index (χ0) is 15.6. The molecule has 2 N–H and O–H groups in total. The Kier molecular flexibility index (Phi) is 4.29. The molecule has 1 heterocycles. The minimum absolute atomic E-state index is 0.0897. The lowest BCUT2D eigenvalue weighted by molar-refractivity contribution is -0.137. The molecule has 0 saturated heterocycles. The van der Waals surface area contributed by atoms with Gasteiger partial charge in [0.15, 0.2) is 0 Å². The maximum absolute atomic E-state index is 13.4. The van der Waals surface area contributed by atoms with Crippen molar-refractivity contribution in [3.63, 3.8) is 0 Å². The van der Waals surface area contributed by atoms with Crippen molar-refractivity contribution in [2.75, 3.05) is 5.32 Å². The highest BCUT2D eigenvalue weighted by atomic mass is 35.5. The molecule has 0 unspecified atom stereocenters. The molecule has 0 atom stereocenters. The molecule has 112 valence electrons. The summed E-state index contributed by atoms with van der Waals surface area (Å²) < 4.78 is 50.9. The first-order chi connectivity index (χ1) is 9.81. The highest BCUT2D eigenvalue weighted by Gasteiger charge is 2.34. The first kappa shape index (κ1) is 15.5. The van der Waals surface area contributed by atoms with Gasteiger partial charge in [-0.3, -0.25) is 0 Å². The van der Waals surface area contributed by atoms with Gasteiger partial charge in [-0.15, -0.1) is 0 Å². The smallest absolute Gasteiger partial charge is 0.392 e. The van der Waals surface area contributed by atoms with E-state index in [2.05, 4.69) is 15.3 Å². The molecule has 1 aromatic heterocycles. The van der Waals surface area contributed by atoms with Crippen LogP contribution in [-0.4, -0.2) is 15.1 Å². The summed E-state index contributed by atoms with van der Waals surface area (Å²) in [7, 11) is 0. The van der Waals surface area contributed by atoms with Crippen LogP contribution >= 0.6 is 11.6 Å². The van der Waals surface area contributed by atoms with E-state index in [-0.39, 0.29) is 17.2 Å². The fourth-order valence-corrected chi connectivity index (χ4v) is 1.73. The van der Waals surface area contributed by atoms with Crippen LogP contribution in [0.1, 0.15) is 11.1 Å². The quantitative estimate of drug-likeness (QED) is 0.671. The summed E-state index contributed by atoms with van der Waals surface area (Å²) >= 11 is 5.44. The van der Waals surface area contributed by atoms with Gasteiger partial charge in [0, 0.05) is 17.4 Å². The fourth-order valence-electron chi connectivity index (χ4n) is 1.49. The number of aliphatic hydroxyl groups excluding tert-OH is 1. The van der Waals surface area contributed by atoms with E-state index in [0.29, 0.717) is 6.20 Å². The van der Waals surface area contributed by atoms with Crippen LogP contribution in [0.25, 0.3) is 0 Å². The van der Waals surface area contributed by atoms with E-state index in [4.69, 9.17) is 16.7 Å². The number of hydrogen-bond donors (Lipinski definition) is 2. The summed E-state index contributed by atoms with van der Waals surface area (Å²) in [5.41, 5.74) is -0.857. The zero-order valence-electron chi connectivity index (χ0n) is 10.2. The number of halogens is 5. The standard InChI is InChI=1S/C12H8ClF4N3O/c13-10-8(12(15,16)17)4-18-11(20-10)19-7-2-1-6(5-21)9(14)3-7/h1-4,21H,5H2,(H,18,19,20). The van der Waals surface area contributed by atoms with E-state index in [1.165, 1.54) is 12.1 Å². The summed E-state index contributed by atoms with van der Waals surface area (Å²) in [6, 6.07) is 3.80. The van der Waals surface area contributed by atoms with Gasteiger partial charge in [-0.25, -0.2) is 14.4 Å². The van der Waals surface area contributed by atoms with Crippen LogP contribution in [0.2, 0.25) is 5.15 Å². The fraction of sp³-hybridized carbons (Fsp3) is 0.167. The lowest BCUT2D eigenvalue weighted by Gasteiger charge is -2.10. The van der Waals surface area contributed by atoms with Gasteiger partial charge in [0.05, 0.1) is 6.61 Å². The maximum atomic E-state index is 13.4. The van der Waals surface area contributed by atoms with Gasteiger partial charge in [0.1, 0.15) is 16.5 Å². The van der Waals surface area contributed by atoms with E-state index in [9.17, 15) is 17.6 Å². The molecular weight excluding hydrogens is 314 g/mol. The minimum atomic E-state index is -4.65. The van der Waals surface area contributed by atoms with E-state index >= 15 is 0 Å². The Morgan fingerprint density at radius 2 is 2.00 bits per heavy atom. The average Bonchev–Trinajstić information content (AvgIpc) is 2.37. The third-order valence-corrected chi connectivity index (χ3v) is 2.82. The number of nitrogens with one attached hydrogen (secondary N) is 1. The monoisotopic (exact) mass is 321 g/mol. The predicted molar refractivity (Wildman–Crippen MR) is 67.6 cm³/mol. The molecule has 0 aliphatic heterocycles. The Bertz CT molecular complexity index is 663. The lowest BCUT2D eigenvalue weighted by atomic mass is 10.2. The topological polar surface area (TPSA) is 58.0 Å². The Balaban J connectivity index is 2.24. The minimum Gasteiger partial charge on any atom is -0.392 e. The second-order valence-electron chi connectivity index (χ2n) is 3.99. The summed E-state index contributed by atoms with van der Waals surface area (Å²) in [6.45, 7) is -0.464. The van der Waals surface area contributed by atoms with E-state index < -0.39 is 29.3 Å². The van der Waals surface area contributed by atoms with Crippen molar-refractivity contribution in [1.82, 2.24) is 9.97 Å². The van der Waals surface area contributed by atoms with E-state index in [1.807, 2.05) is 0 Å². The third-order valence-electron chi connectivity index (χ3n) is 2.53. The van der Waals surface area contributed by atoms with Crippen LogP contribution in [0.4, 0.5) is 29.2 Å². The second-order valence-corrected chi connectivity index (χ2v) is 4.34. The van der Waals surface area contributed by atoms with Gasteiger partial charge in [-0.2, -0.15) is 13.2 Å². The van der Waals surface area contributed by atoms with Crippen LogP contribution in [0.5, 0.6) is 0 Å². The molecule has 0 aliphatic carbocycles. The number of alkyl halides is 3. The van der Waals surface area contributed by atoms with Gasteiger partial charge in [0.2, 0.25) is 5.95 Å². The highest BCUT2D eigenvalue weighted by Crippen LogP contribution is 2.33. The average molecular weight is 322 g/mol. The molecule has 0 amide bonds. The SMILES string of the molecule is OCc1ccc(Nc2ncc(C(F)(F)F)c(Cl)n2)cc1F. The maximum Gasteiger partial charge on any atom is 0.420 e. The van der Waals surface area contributed by atoms with Crippen molar-refractivity contribution in [3.8, 4) is 0 Å². The van der Waals surface area contributed by atoms with Gasteiger partial charge in [-0.1, -0.05) is 17.7 Å². The highest BCUT2D eigenvalue weighted by molar-refractivity contribution is 6.30. The van der Waals surface area contributed by atoms with Crippen LogP contribution in [0.15, 0.2) is 24.4 Å². The normalized spacial score (nSPS) is 11.5. The van der Waals surface area contributed by atoms with Crippen LogP contribution < -0.4 is 5.32 Å². The van der Waals surface area contributed by atoms with Gasteiger partial charge < -0.3 is 10.4 Å². The third kappa shape index (κ3) is 3.59. The number of rotatable bonds is 3. The molecule has 0 aliphatic rings. The van der Waals surface area contributed by atoms with Crippen molar-refractivity contribution in [3.05, 3.63) is 46.5 Å². The number of nitrogens with zero attached hydrogens (tertiary/aromatic N) is 2. The Morgan fingerprint density at radius 3 is 2.52 bits per heavy atom. The number of benzene rings is 1. The first-order valence-electron chi connectivity index (χ1n) is 5.57. The predicted octanol–water partition coefficient (Wildman–Crippen LogP) is 3.52. The van der Waals surface area contributed by atoms with Crippen molar-refractivity contribution >= 4 is 23.2 Å². The molecule has 0 fully saturated rings. The molecule has 9 heteroatoms. The van der Waals surface area contributed by atoms with E-state index in [0.717, 1.165) is 6.07 Å². The lowest BCUT2D eigenvalue weighted by Crippen LogP contribution is -2.09. The van der Waals surface area contributed by atoms with Crippen molar-refractivity contribution < 1.29 is 22.7 Å². The molecule has 1 aromatic carbocycles. The number of hydrogen-bond acceptors (Lipinski definition) is 4. The molecule has 21 heavy (non-hydrogen) atoms. The molecular formula is C12H8ClF4N3O. The second kappa shape index (κ2) is 5.82. The number of aliphatic hydroxyl groups is 1. The molecule has 0 radical (unpaired) electrons. The molecule has 2 rings (SSSR count). The first-order valence-corrected chi connectivity index (χ1v) is 5.95. The van der Waals surface area contributed by atoms with Crippen LogP contribution in [0, 0.1) is 5.82 Å². The van der Waals surface area contributed by atoms with Crippen LogP contribution in [-0.2, 0) is 12.8 Å². The Morgan fingerprint density at radius 1 is 1.29 bits per heavy atom. The van der Waals surface area contributed by atoms with Crippen molar-refractivity contribution in [2.24, 2.45) is 0 Å². The molecule has 0 saturated carbocycles. The Hall–Kier alpha value is -1.93. The van der Waals surface area contributed by atoms with Crippen molar-refractivity contribution in [1.29, 1.82) is 0 Å². The molecule has 0 bridgehead atoms. The number of aromatic nitrogens is 2.